The largest absolute Gasteiger partial charge is 0.458 e. The second kappa shape index (κ2) is 8.93. The van der Waals surface area contributed by atoms with E-state index < -0.39 is 0 Å². The molecule has 1 spiro atoms. The van der Waals surface area contributed by atoms with E-state index in [0.717, 1.165) is 50.0 Å². The van der Waals surface area contributed by atoms with Crippen LogP contribution in [0, 0.1) is 46.3 Å². The van der Waals surface area contributed by atoms with Crippen LogP contribution in [-0.4, -0.2) is 30.6 Å². The van der Waals surface area contributed by atoms with Crippen LogP contribution in [0.4, 0.5) is 0 Å². The molecule has 2 saturated heterocycles. The smallest absolute Gasteiger partial charge is 0.338 e. The number of allylic oxidation sites excluding steroid dienone is 1. The molecule has 3 saturated carbocycles. The first-order valence-corrected chi connectivity index (χ1v) is 15.5. The van der Waals surface area contributed by atoms with Crippen molar-refractivity contribution in [2.24, 2.45) is 46.3 Å². The Morgan fingerprint density at radius 2 is 1.82 bits per heavy atom. The number of hydrogen-bond donors (Lipinski definition) is 0. The summed E-state index contributed by atoms with van der Waals surface area (Å²) in [6.45, 7) is 10.7. The molecule has 0 amide bonds. The molecule has 0 aromatic heterocycles. The number of rotatable bonds is 2. The van der Waals surface area contributed by atoms with E-state index >= 15 is 0 Å². The van der Waals surface area contributed by atoms with E-state index in [2.05, 4.69) is 33.8 Å². The van der Waals surface area contributed by atoms with Gasteiger partial charge in [-0.2, -0.15) is 0 Å². The average Bonchev–Trinajstić information content (AvgIpc) is 3.36. The van der Waals surface area contributed by atoms with Crippen LogP contribution in [0.1, 0.15) is 95.8 Å². The van der Waals surface area contributed by atoms with Gasteiger partial charge in [0.2, 0.25) is 0 Å². The molecule has 5 fully saturated rings. The maximum absolute atomic E-state index is 12.7. The highest BCUT2D eigenvalue weighted by molar-refractivity contribution is 5.89. The van der Waals surface area contributed by atoms with Crippen LogP contribution in [0.25, 0.3) is 0 Å². The summed E-state index contributed by atoms with van der Waals surface area (Å²) in [7, 11) is 0. The number of ether oxygens (including phenoxy) is 3. The topological polar surface area (TPSA) is 44.8 Å². The highest BCUT2D eigenvalue weighted by Gasteiger charge is 2.68. The van der Waals surface area contributed by atoms with Crippen LogP contribution in [-0.2, 0) is 14.2 Å². The maximum atomic E-state index is 12.7. The molecule has 4 heteroatoms. The first-order valence-electron chi connectivity index (χ1n) is 15.5. The Bertz CT molecular complexity index is 1100. The molecule has 0 radical (unpaired) electrons. The lowest BCUT2D eigenvalue weighted by molar-refractivity contribution is -0.272. The minimum atomic E-state index is -0.326. The Morgan fingerprint density at radius 3 is 2.58 bits per heavy atom. The monoisotopic (exact) mass is 518 g/mol. The van der Waals surface area contributed by atoms with Crippen molar-refractivity contribution in [2.45, 2.75) is 103 Å². The first kappa shape index (κ1) is 25.3. The molecule has 1 aromatic rings. The van der Waals surface area contributed by atoms with Crippen molar-refractivity contribution in [3.8, 4) is 0 Å². The molecular weight excluding hydrogens is 472 g/mol. The Balaban J connectivity index is 1.08. The van der Waals surface area contributed by atoms with Crippen molar-refractivity contribution in [1.29, 1.82) is 0 Å². The lowest BCUT2D eigenvalue weighted by atomic mass is 9.47. The van der Waals surface area contributed by atoms with Gasteiger partial charge in [-0.1, -0.05) is 57.5 Å². The fraction of sp³-hybridized carbons (Fsp3) is 0.735. The van der Waals surface area contributed by atoms with Crippen molar-refractivity contribution in [2.75, 3.05) is 6.61 Å². The van der Waals surface area contributed by atoms with Gasteiger partial charge in [-0.25, -0.2) is 4.79 Å². The van der Waals surface area contributed by atoms with Gasteiger partial charge in [-0.3, -0.25) is 0 Å². The fourth-order valence-corrected chi connectivity index (χ4v) is 10.5. The van der Waals surface area contributed by atoms with Gasteiger partial charge in [0.05, 0.1) is 18.3 Å². The third kappa shape index (κ3) is 3.65. The molecule has 6 aliphatic rings. The van der Waals surface area contributed by atoms with E-state index in [0.29, 0.717) is 34.8 Å². The zero-order chi connectivity index (χ0) is 26.3. The van der Waals surface area contributed by atoms with Gasteiger partial charge in [-0.05, 0) is 97.5 Å². The van der Waals surface area contributed by atoms with Crippen molar-refractivity contribution in [3.63, 3.8) is 0 Å². The zero-order valence-electron chi connectivity index (χ0n) is 23.8. The molecule has 2 heterocycles. The molecule has 4 aliphatic carbocycles. The Hall–Kier alpha value is -1.65. The van der Waals surface area contributed by atoms with Crippen LogP contribution in [0.5, 0.6) is 0 Å². The molecule has 4 nitrogen and oxygen atoms in total. The second-order valence-electron chi connectivity index (χ2n) is 14.4. The van der Waals surface area contributed by atoms with E-state index in [1.54, 1.807) is 5.57 Å². The van der Waals surface area contributed by atoms with E-state index in [-0.39, 0.29) is 23.3 Å². The standard InChI is InChI=1S/C34H46O4/c1-21-12-17-34(36-20-21)22(2)30-29(38-34)19-28-26-11-10-24-18-25(37-31(35)23-8-6-5-7-9-23)13-15-32(24,3)27(26)14-16-33(28,30)4/h5-10,21-22,25-30H,11-20H2,1-4H3/t21-,22-,25+,26+,27-,28-,29-,30-,32-,33-,34+/m0/s1. The first-order chi connectivity index (χ1) is 18.2. The van der Waals surface area contributed by atoms with Crippen LogP contribution in [0.3, 0.4) is 0 Å². The van der Waals surface area contributed by atoms with Crippen molar-refractivity contribution >= 4 is 5.97 Å². The molecule has 0 bridgehead atoms. The third-order valence-electron chi connectivity index (χ3n) is 12.6. The van der Waals surface area contributed by atoms with Gasteiger partial charge in [0.1, 0.15) is 6.10 Å². The van der Waals surface area contributed by atoms with Gasteiger partial charge >= 0.3 is 5.97 Å². The molecule has 2 aliphatic heterocycles. The highest BCUT2D eigenvalue weighted by atomic mass is 16.7. The quantitative estimate of drug-likeness (QED) is 0.299. The Labute approximate surface area is 228 Å². The molecule has 7 rings (SSSR count). The number of fused-ring (bicyclic) bond motifs is 7. The van der Waals surface area contributed by atoms with Crippen LogP contribution in [0.15, 0.2) is 42.0 Å². The molecular formula is C34H46O4. The number of benzene rings is 1. The van der Waals surface area contributed by atoms with Crippen molar-refractivity contribution in [1.82, 2.24) is 0 Å². The van der Waals surface area contributed by atoms with Gasteiger partial charge in [0.15, 0.2) is 5.79 Å². The summed E-state index contributed by atoms with van der Waals surface area (Å²) in [6, 6.07) is 9.45. The minimum Gasteiger partial charge on any atom is -0.458 e. The summed E-state index contributed by atoms with van der Waals surface area (Å²) in [4.78, 5) is 12.7. The normalized spacial score (nSPS) is 49.4. The molecule has 0 N–H and O–H groups in total. The van der Waals surface area contributed by atoms with Gasteiger partial charge in [0, 0.05) is 18.8 Å². The lowest BCUT2D eigenvalue weighted by Crippen LogP contribution is -2.52. The maximum Gasteiger partial charge on any atom is 0.338 e. The van der Waals surface area contributed by atoms with Crippen LogP contribution < -0.4 is 0 Å². The van der Waals surface area contributed by atoms with Crippen molar-refractivity contribution < 1.29 is 19.0 Å². The van der Waals surface area contributed by atoms with E-state index in [1.807, 2.05) is 30.3 Å². The molecule has 38 heavy (non-hydrogen) atoms. The lowest BCUT2D eigenvalue weighted by Gasteiger charge is -2.58. The Kier molecular flexibility index (Phi) is 5.95. The summed E-state index contributed by atoms with van der Waals surface area (Å²) in [5.74, 6) is 3.46. The van der Waals surface area contributed by atoms with Gasteiger partial charge < -0.3 is 14.2 Å². The third-order valence-corrected chi connectivity index (χ3v) is 12.6. The number of carbonyl (C=O) groups excluding carboxylic acids is 1. The fourth-order valence-electron chi connectivity index (χ4n) is 10.5. The zero-order valence-corrected chi connectivity index (χ0v) is 23.8. The van der Waals surface area contributed by atoms with Crippen molar-refractivity contribution in [3.05, 3.63) is 47.5 Å². The van der Waals surface area contributed by atoms with E-state index in [4.69, 9.17) is 14.2 Å². The van der Waals surface area contributed by atoms with Gasteiger partial charge in [-0.15, -0.1) is 0 Å². The molecule has 11 atom stereocenters. The number of carbonyl (C=O) groups is 1. The van der Waals surface area contributed by atoms with E-state index in [1.165, 1.54) is 32.1 Å². The SMILES string of the molecule is C[C@H]1CC[C@@]2(OC1)O[C@H]1C[C@H]3[C@@H]4CC=C5C[C@H](OC(=O)c6ccccc6)CC[C@]5(C)[C@H]4CC[C@]3(C)[C@H]1[C@@H]2C. The second-order valence-corrected chi connectivity index (χ2v) is 14.4. The predicted octanol–water partition coefficient (Wildman–Crippen LogP) is 7.58. The summed E-state index contributed by atoms with van der Waals surface area (Å²) < 4.78 is 19.5. The molecule has 206 valence electrons. The highest BCUT2D eigenvalue weighted by Crippen LogP contribution is 2.70. The average molecular weight is 519 g/mol. The summed E-state index contributed by atoms with van der Waals surface area (Å²) >= 11 is 0. The van der Waals surface area contributed by atoms with Gasteiger partial charge in [0.25, 0.3) is 0 Å². The van der Waals surface area contributed by atoms with E-state index in [9.17, 15) is 4.79 Å². The van der Waals surface area contributed by atoms with Crippen LogP contribution in [0.2, 0.25) is 0 Å². The summed E-state index contributed by atoms with van der Waals surface area (Å²) in [5.41, 5.74) is 2.81. The summed E-state index contributed by atoms with van der Waals surface area (Å²) in [6.07, 6.45) is 13.3. The van der Waals surface area contributed by atoms with Crippen LogP contribution >= 0.6 is 0 Å². The number of hydrogen-bond acceptors (Lipinski definition) is 4. The Morgan fingerprint density at radius 1 is 1.00 bits per heavy atom. The molecule has 1 aromatic carbocycles. The predicted molar refractivity (Wildman–Crippen MR) is 147 cm³/mol. The minimum absolute atomic E-state index is 0.00178. The molecule has 0 unspecified atom stereocenters. The summed E-state index contributed by atoms with van der Waals surface area (Å²) in [5, 5.41) is 0. The number of esters is 1.